The normalized spacial score (nSPS) is 12.9. The van der Waals surface area contributed by atoms with E-state index in [1.54, 1.807) is 7.11 Å². The summed E-state index contributed by atoms with van der Waals surface area (Å²) in [6.45, 7) is 9.57. The molecular formula is C30H38N2O2. The molecule has 1 N–H and O–H groups in total. The topological polar surface area (TPSA) is 41.6 Å². The highest BCUT2D eigenvalue weighted by molar-refractivity contribution is 5.98. The lowest BCUT2D eigenvalue weighted by Gasteiger charge is -2.31. The zero-order valence-electron chi connectivity index (χ0n) is 21.2. The Hall–Kier alpha value is -2.95. The second-order valence-electron chi connectivity index (χ2n) is 9.06. The zero-order chi connectivity index (χ0) is 24.5. The van der Waals surface area contributed by atoms with Crippen molar-refractivity contribution in [1.82, 2.24) is 5.32 Å². The van der Waals surface area contributed by atoms with E-state index in [0.29, 0.717) is 13.2 Å². The Morgan fingerprint density at radius 1 is 0.941 bits per heavy atom. The summed E-state index contributed by atoms with van der Waals surface area (Å²) in [6, 6.07) is 24.5. The van der Waals surface area contributed by atoms with Gasteiger partial charge in [-0.3, -0.25) is 10.1 Å². The minimum Gasteiger partial charge on any atom is -0.383 e. The molecule has 0 radical (unpaired) electrons. The second kappa shape index (κ2) is 12.5. The van der Waals surface area contributed by atoms with Crippen molar-refractivity contribution in [3.8, 4) is 0 Å². The van der Waals surface area contributed by atoms with E-state index in [-0.39, 0.29) is 11.9 Å². The number of aryl methyl sites for hydroxylation is 3. The zero-order valence-corrected chi connectivity index (χ0v) is 21.2. The van der Waals surface area contributed by atoms with Crippen LogP contribution in [0.1, 0.15) is 47.2 Å². The molecule has 34 heavy (non-hydrogen) atoms. The number of benzene rings is 3. The average molecular weight is 459 g/mol. The molecule has 4 nitrogen and oxygen atoms in total. The standard InChI is InChI=1S/C30H38N2O2/c1-6-27(21-34-5)31-29(26-10-8-7-9-11-26)30(33)32(28-17-14-23(3)24(4)20-28)19-18-25-15-12-22(2)13-16-25/h7-17,20,27,29,31H,6,18-19,21H2,1-5H3. The van der Waals surface area contributed by atoms with E-state index in [9.17, 15) is 4.79 Å². The fourth-order valence-electron chi connectivity index (χ4n) is 4.09. The Labute approximate surface area is 205 Å². The summed E-state index contributed by atoms with van der Waals surface area (Å²) in [7, 11) is 1.70. The lowest BCUT2D eigenvalue weighted by molar-refractivity contribution is -0.121. The summed E-state index contributed by atoms with van der Waals surface area (Å²) in [5.74, 6) is 0.0520. The molecule has 0 aliphatic carbocycles. The number of carbonyl (C=O) groups excluding carboxylic acids is 1. The van der Waals surface area contributed by atoms with Crippen LogP contribution in [0.25, 0.3) is 0 Å². The van der Waals surface area contributed by atoms with Crippen molar-refractivity contribution in [3.05, 3.63) is 101 Å². The first kappa shape index (κ1) is 25.7. The Balaban J connectivity index is 1.96. The van der Waals surface area contributed by atoms with E-state index < -0.39 is 6.04 Å². The van der Waals surface area contributed by atoms with Gasteiger partial charge < -0.3 is 9.64 Å². The van der Waals surface area contributed by atoms with Gasteiger partial charge in [0.2, 0.25) is 5.91 Å². The van der Waals surface area contributed by atoms with E-state index >= 15 is 0 Å². The monoisotopic (exact) mass is 458 g/mol. The molecule has 4 heteroatoms. The van der Waals surface area contributed by atoms with Crippen LogP contribution in [0.5, 0.6) is 0 Å². The number of methoxy groups -OCH3 is 1. The number of nitrogens with one attached hydrogen (secondary N) is 1. The summed E-state index contributed by atoms with van der Waals surface area (Å²) in [5, 5.41) is 3.59. The number of hydrogen-bond donors (Lipinski definition) is 1. The number of amides is 1. The molecule has 0 fully saturated rings. The van der Waals surface area contributed by atoms with Gasteiger partial charge in [0.05, 0.1) is 6.61 Å². The van der Waals surface area contributed by atoms with Gasteiger partial charge in [0.15, 0.2) is 0 Å². The summed E-state index contributed by atoms with van der Waals surface area (Å²) in [5.41, 5.74) is 6.76. The summed E-state index contributed by atoms with van der Waals surface area (Å²) >= 11 is 0. The van der Waals surface area contributed by atoms with Crippen molar-refractivity contribution < 1.29 is 9.53 Å². The van der Waals surface area contributed by atoms with Gasteiger partial charge >= 0.3 is 0 Å². The van der Waals surface area contributed by atoms with Crippen molar-refractivity contribution in [2.45, 2.75) is 52.6 Å². The van der Waals surface area contributed by atoms with Crippen LogP contribution in [0.2, 0.25) is 0 Å². The fraction of sp³-hybridized carbons (Fsp3) is 0.367. The molecule has 0 saturated carbocycles. The van der Waals surface area contributed by atoms with Crippen LogP contribution < -0.4 is 10.2 Å². The maximum atomic E-state index is 14.2. The highest BCUT2D eigenvalue weighted by atomic mass is 16.5. The Bertz CT molecular complexity index is 1050. The van der Waals surface area contributed by atoms with Gasteiger partial charge in [-0.15, -0.1) is 0 Å². The minimum absolute atomic E-state index is 0.0520. The van der Waals surface area contributed by atoms with Crippen LogP contribution in [0.15, 0.2) is 72.8 Å². The predicted octanol–water partition coefficient (Wildman–Crippen LogP) is 5.94. The van der Waals surface area contributed by atoms with Crippen molar-refractivity contribution in [3.63, 3.8) is 0 Å². The second-order valence-corrected chi connectivity index (χ2v) is 9.06. The predicted molar refractivity (Wildman–Crippen MR) is 141 cm³/mol. The van der Waals surface area contributed by atoms with Gasteiger partial charge in [0.25, 0.3) is 0 Å². The van der Waals surface area contributed by atoms with Crippen molar-refractivity contribution in [2.75, 3.05) is 25.2 Å². The molecule has 0 saturated heterocycles. The number of hydrogen-bond acceptors (Lipinski definition) is 3. The molecule has 2 unspecified atom stereocenters. The van der Waals surface area contributed by atoms with E-state index in [2.05, 4.69) is 75.5 Å². The van der Waals surface area contributed by atoms with Crippen molar-refractivity contribution >= 4 is 11.6 Å². The van der Waals surface area contributed by atoms with E-state index in [1.807, 2.05) is 35.2 Å². The van der Waals surface area contributed by atoms with E-state index in [1.165, 1.54) is 22.3 Å². The van der Waals surface area contributed by atoms with Crippen LogP contribution in [0, 0.1) is 20.8 Å². The molecule has 180 valence electrons. The van der Waals surface area contributed by atoms with Crippen LogP contribution in [0.4, 0.5) is 5.69 Å². The molecule has 0 aliphatic rings. The largest absolute Gasteiger partial charge is 0.383 e. The van der Waals surface area contributed by atoms with Crippen LogP contribution in [-0.4, -0.2) is 32.2 Å². The fourth-order valence-corrected chi connectivity index (χ4v) is 4.09. The summed E-state index contributed by atoms with van der Waals surface area (Å²) < 4.78 is 5.41. The summed E-state index contributed by atoms with van der Waals surface area (Å²) in [6.07, 6.45) is 1.66. The smallest absolute Gasteiger partial charge is 0.248 e. The van der Waals surface area contributed by atoms with E-state index in [4.69, 9.17) is 4.74 Å². The Kier molecular flexibility index (Phi) is 9.43. The molecule has 0 heterocycles. The van der Waals surface area contributed by atoms with Crippen molar-refractivity contribution in [2.24, 2.45) is 0 Å². The summed E-state index contributed by atoms with van der Waals surface area (Å²) in [4.78, 5) is 16.1. The molecule has 0 spiro atoms. The molecular weight excluding hydrogens is 420 g/mol. The quantitative estimate of drug-likeness (QED) is 0.386. The number of ether oxygens (including phenoxy) is 1. The van der Waals surface area contributed by atoms with E-state index in [0.717, 1.165) is 24.1 Å². The van der Waals surface area contributed by atoms with Crippen LogP contribution in [0.3, 0.4) is 0 Å². The van der Waals surface area contributed by atoms with Gasteiger partial charge in [-0.25, -0.2) is 0 Å². The lowest BCUT2D eigenvalue weighted by Crippen LogP contribution is -2.46. The first-order valence-corrected chi connectivity index (χ1v) is 12.2. The first-order valence-electron chi connectivity index (χ1n) is 12.2. The molecule has 2 atom stereocenters. The molecule has 3 aromatic rings. The average Bonchev–Trinajstić information content (AvgIpc) is 2.85. The van der Waals surface area contributed by atoms with Gasteiger partial charge in [-0.2, -0.15) is 0 Å². The van der Waals surface area contributed by atoms with Gasteiger partial charge in [-0.1, -0.05) is 73.2 Å². The Morgan fingerprint density at radius 3 is 2.26 bits per heavy atom. The third-order valence-corrected chi connectivity index (χ3v) is 6.46. The maximum Gasteiger partial charge on any atom is 0.248 e. The molecule has 0 bridgehead atoms. The highest BCUT2D eigenvalue weighted by Gasteiger charge is 2.29. The van der Waals surface area contributed by atoms with Crippen molar-refractivity contribution in [1.29, 1.82) is 0 Å². The molecule has 3 rings (SSSR count). The number of rotatable bonds is 11. The number of anilines is 1. The SMILES string of the molecule is CCC(COC)NC(C(=O)N(CCc1ccc(C)cc1)c1ccc(C)c(C)c1)c1ccccc1. The third-order valence-electron chi connectivity index (χ3n) is 6.46. The molecule has 0 aromatic heterocycles. The van der Waals surface area contributed by atoms with Crippen LogP contribution in [-0.2, 0) is 16.0 Å². The maximum absolute atomic E-state index is 14.2. The lowest BCUT2D eigenvalue weighted by atomic mass is 10.0. The van der Waals surface area contributed by atoms with Crippen LogP contribution >= 0.6 is 0 Å². The van der Waals surface area contributed by atoms with Gasteiger partial charge in [0.1, 0.15) is 6.04 Å². The minimum atomic E-state index is -0.457. The molecule has 0 aliphatic heterocycles. The van der Waals surface area contributed by atoms with Gasteiger partial charge in [-0.05, 0) is 68.0 Å². The number of nitrogens with zero attached hydrogens (tertiary/aromatic N) is 1. The highest BCUT2D eigenvalue weighted by Crippen LogP contribution is 2.25. The molecule has 3 aromatic carbocycles. The first-order chi connectivity index (χ1) is 16.4. The Morgan fingerprint density at radius 2 is 1.65 bits per heavy atom. The molecule has 1 amide bonds. The van der Waals surface area contributed by atoms with Gasteiger partial charge in [0, 0.05) is 25.4 Å². The number of carbonyl (C=O) groups is 1. The third kappa shape index (κ3) is 6.78.